The fraction of sp³-hybridized carbons (Fsp3) is 0.500. The summed E-state index contributed by atoms with van der Waals surface area (Å²) < 4.78 is 13.4. The van der Waals surface area contributed by atoms with E-state index in [-0.39, 0.29) is 35.6 Å². The minimum atomic E-state index is -0.810. The molecule has 104 valence electrons. The average Bonchev–Trinajstić information content (AvgIpc) is 2.29. The summed E-state index contributed by atoms with van der Waals surface area (Å²) in [5.74, 6) is -0.810. The summed E-state index contributed by atoms with van der Waals surface area (Å²) in [7, 11) is 0. The maximum absolute atomic E-state index is 13.4. The van der Waals surface area contributed by atoms with Crippen LogP contribution >= 0.6 is 11.6 Å². The van der Waals surface area contributed by atoms with Crippen LogP contribution in [-0.2, 0) is 0 Å². The Bertz CT molecular complexity index is 494. The number of hydrogen-bond donors (Lipinski definition) is 1. The molecule has 0 heterocycles. The first-order valence-electron chi connectivity index (χ1n) is 6.05. The third-order valence-corrected chi connectivity index (χ3v) is 3.67. The Labute approximate surface area is 114 Å². The largest absolute Gasteiger partial charge is 0.395 e. The van der Waals surface area contributed by atoms with Crippen LogP contribution < -0.4 is 4.90 Å². The van der Waals surface area contributed by atoms with Gasteiger partial charge in [0.25, 0.3) is 5.69 Å². The smallest absolute Gasteiger partial charge is 0.295 e. The molecule has 1 fully saturated rings. The molecule has 0 unspecified atom stereocenters. The zero-order chi connectivity index (χ0) is 14.0. The minimum Gasteiger partial charge on any atom is -0.395 e. The number of hydrogen-bond acceptors (Lipinski definition) is 4. The lowest BCUT2D eigenvalue weighted by molar-refractivity contribution is -0.384. The summed E-state index contributed by atoms with van der Waals surface area (Å²) in [5, 5.41) is 20.0. The Hall–Kier alpha value is -1.40. The Balaban J connectivity index is 2.44. The zero-order valence-electron chi connectivity index (χ0n) is 10.2. The summed E-state index contributed by atoms with van der Waals surface area (Å²) >= 11 is 5.71. The van der Waals surface area contributed by atoms with Crippen LogP contribution in [0.1, 0.15) is 19.3 Å². The maximum atomic E-state index is 13.4. The molecule has 1 saturated carbocycles. The number of aliphatic hydroxyl groups is 1. The fourth-order valence-electron chi connectivity index (χ4n) is 2.21. The molecule has 2 rings (SSSR count). The van der Waals surface area contributed by atoms with Crippen molar-refractivity contribution in [3.63, 3.8) is 0 Å². The van der Waals surface area contributed by atoms with E-state index < -0.39 is 10.7 Å². The highest BCUT2D eigenvalue weighted by Gasteiger charge is 2.30. The molecule has 0 saturated heterocycles. The van der Waals surface area contributed by atoms with Gasteiger partial charge < -0.3 is 10.0 Å². The van der Waals surface area contributed by atoms with Gasteiger partial charge in [-0.3, -0.25) is 10.1 Å². The van der Waals surface area contributed by atoms with Crippen molar-refractivity contribution in [3.05, 3.63) is 33.1 Å². The van der Waals surface area contributed by atoms with Crippen LogP contribution in [0.5, 0.6) is 0 Å². The fourth-order valence-corrected chi connectivity index (χ4v) is 2.37. The van der Waals surface area contributed by atoms with Crippen molar-refractivity contribution in [1.29, 1.82) is 0 Å². The Morgan fingerprint density at radius 3 is 2.68 bits per heavy atom. The van der Waals surface area contributed by atoms with E-state index in [1.54, 1.807) is 4.90 Å². The molecule has 0 spiro atoms. The van der Waals surface area contributed by atoms with Gasteiger partial charge in [-0.2, -0.15) is 0 Å². The van der Waals surface area contributed by atoms with Gasteiger partial charge in [0.05, 0.1) is 22.6 Å². The second-order valence-corrected chi connectivity index (χ2v) is 4.92. The molecule has 1 aromatic carbocycles. The SMILES string of the molecule is O=[N+]([O-])c1cc(F)c(Cl)cc1N(CCO)C1CCC1. The number of aliphatic hydroxyl groups excluding tert-OH is 1. The molecule has 7 heteroatoms. The number of nitro benzene ring substituents is 1. The van der Waals surface area contributed by atoms with Crippen molar-refractivity contribution in [2.75, 3.05) is 18.1 Å². The van der Waals surface area contributed by atoms with Gasteiger partial charge in [0.1, 0.15) is 11.5 Å². The summed E-state index contributed by atoms with van der Waals surface area (Å²) in [5.41, 5.74) is -0.0441. The number of nitrogens with zero attached hydrogens (tertiary/aromatic N) is 2. The van der Waals surface area contributed by atoms with Gasteiger partial charge in [0.2, 0.25) is 0 Å². The normalized spacial score (nSPS) is 15.1. The number of nitro groups is 1. The number of rotatable bonds is 5. The molecule has 1 aliphatic carbocycles. The van der Waals surface area contributed by atoms with Crippen LogP contribution in [0.15, 0.2) is 12.1 Å². The number of anilines is 1. The van der Waals surface area contributed by atoms with E-state index in [9.17, 15) is 14.5 Å². The average molecular weight is 289 g/mol. The monoisotopic (exact) mass is 288 g/mol. The summed E-state index contributed by atoms with van der Waals surface area (Å²) in [6, 6.07) is 2.25. The first kappa shape index (κ1) is 14.0. The van der Waals surface area contributed by atoms with Gasteiger partial charge in [-0.1, -0.05) is 11.6 Å². The molecular weight excluding hydrogens is 275 g/mol. The summed E-state index contributed by atoms with van der Waals surface area (Å²) in [4.78, 5) is 12.1. The Morgan fingerprint density at radius 1 is 1.53 bits per heavy atom. The topological polar surface area (TPSA) is 66.6 Å². The van der Waals surface area contributed by atoms with Crippen LogP contribution in [0.25, 0.3) is 0 Å². The second kappa shape index (κ2) is 5.71. The van der Waals surface area contributed by atoms with Crippen molar-refractivity contribution in [2.45, 2.75) is 25.3 Å². The van der Waals surface area contributed by atoms with E-state index in [0.29, 0.717) is 0 Å². The molecule has 1 aromatic rings. The first-order chi connectivity index (χ1) is 9.04. The summed E-state index contributed by atoms with van der Waals surface area (Å²) in [6.07, 6.45) is 2.87. The van der Waals surface area contributed by atoms with Gasteiger partial charge in [0.15, 0.2) is 0 Å². The Kier molecular flexibility index (Phi) is 4.21. The van der Waals surface area contributed by atoms with Crippen LogP contribution in [-0.4, -0.2) is 29.2 Å². The van der Waals surface area contributed by atoms with E-state index >= 15 is 0 Å². The highest BCUT2D eigenvalue weighted by molar-refractivity contribution is 6.31. The van der Waals surface area contributed by atoms with Crippen LogP contribution in [0, 0.1) is 15.9 Å². The first-order valence-corrected chi connectivity index (χ1v) is 6.43. The highest BCUT2D eigenvalue weighted by atomic mass is 35.5. The lowest BCUT2D eigenvalue weighted by Gasteiger charge is -2.38. The zero-order valence-corrected chi connectivity index (χ0v) is 10.9. The third-order valence-electron chi connectivity index (χ3n) is 3.38. The van der Waals surface area contributed by atoms with Crippen molar-refractivity contribution < 1.29 is 14.4 Å². The van der Waals surface area contributed by atoms with E-state index in [2.05, 4.69) is 0 Å². The molecule has 19 heavy (non-hydrogen) atoms. The Morgan fingerprint density at radius 2 is 2.21 bits per heavy atom. The van der Waals surface area contributed by atoms with E-state index in [1.807, 2.05) is 0 Å². The van der Waals surface area contributed by atoms with Gasteiger partial charge in [-0.25, -0.2) is 4.39 Å². The molecule has 0 aliphatic heterocycles. The molecule has 1 N–H and O–H groups in total. The summed E-state index contributed by atoms with van der Waals surface area (Å²) in [6.45, 7) is 0.149. The molecule has 0 atom stereocenters. The quantitative estimate of drug-likeness (QED) is 0.668. The van der Waals surface area contributed by atoms with Gasteiger partial charge >= 0.3 is 0 Å². The van der Waals surface area contributed by atoms with Crippen LogP contribution in [0.3, 0.4) is 0 Å². The molecule has 0 aromatic heterocycles. The minimum absolute atomic E-state index is 0.122. The predicted octanol–water partition coefficient (Wildman–Crippen LogP) is 2.74. The van der Waals surface area contributed by atoms with Crippen molar-refractivity contribution in [3.8, 4) is 0 Å². The number of benzene rings is 1. The predicted molar refractivity (Wildman–Crippen MR) is 70.1 cm³/mol. The lowest BCUT2D eigenvalue weighted by Crippen LogP contribution is -2.42. The van der Waals surface area contributed by atoms with E-state index in [0.717, 1.165) is 25.3 Å². The highest BCUT2D eigenvalue weighted by Crippen LogP contribution is 2.37. The molecule has 5 nitrogen and oxygen atoms in total. The van der Waals surface area contributed by atoms with E-state index in [1.165, 1.54) is 6.07 Å². The van der Waals surface area contributed by atoms with Crippen LogP contribution in [0.4, 0.5) is 15.8 Å². The van der Waals surface area contributed by atoms with Gasteiger partial charge in [-0.05, 0) is 25.3 Å². The maximum Gasteiger partial charge on any atom is 0.295 e. The van der Waals surface area contributed by atoms with Crippen molar-refractivity contribution >= 4 is 23.0 Å². The molecule has 0 amide bonds. The third kappa shape index (κ3) is 2.79. The van der Waals surface area contributed by atoms with Gasteiger partial charge in [0, 0.05) is 12.6 Å². The van der Waals surface area contributed by atoms with E-state index in [4.69, 9.17) is 16.7 Å². The molecule has 1 aliphatic rings. The molecule has 0 radical (unpaired) electrons. The number of halogens is 2. The molecule has 0 bridgehead atoms. The van der Waals surface area contributed by atoms with Crippen molar-refractivity contribution in [1.82, 2.24) is 0 Å². The van der Waals surface area contributed by atoms with Crippen LogP contribution in [0.2, 0.25) is 5.02 Å². The van der Waals surface area contributed by atoms with Crippen molar-refractivity contribution in [2.24, 2.45) is 0 Å². The standard InChI is InChI=1S/C12H14ClFN2O3/c13-9-6-11(12(16(18)19)7-10(9)14)15(4-5-17)8-2-1-3-8/h6-8,17H,1-5H2. The second-order valence-electron chi connectivity index (χ2n) is 4.51. The van der Waals surface area contributed by atoms with Gasteiger partial charge in [-0.15, -0.1) is 0 Å². The molecular formula is C12H14ClFN2O3. The lowest BCUT2D eigenvalue weighted by atomic mass is 9.91.